The van der Waals surface area contributed by atoms with Gasteiger partial charge in [0.25, 0.3) is 0 Å². The number of carbonyl (C=O) groups excluding carboxylic acids is 3. The summed E-state index contributed by atoms with van der Waals surface area (Å²) in [7, 11) is -1.23. The van der Waals surface area contributed by atoms with Crippen molar-refractivity contribution < 1.29 is 23.9 Å². The van der Waals surface area contributed by atoms with Crippen molar-refractivity contribution in [2.45, 2.75) is 123 Å². The van der Waals surface area contributed by atoms with Crippen LogP contribution in [0.2, 0.25) is 25.7 Å². The molecule has 3 saturated heterocycles. The first-order chi connectivity index (χ1) is 25.7. The summed E-state index contributed by atoms with van der Waals surface area (Å²) in [5, 5.41) is 9.05. The number of amides is 3. The molecular weight excluding hydrogens is 697 g/mol. The first kappa shape index (κ1) is 39.3. The number of nitrogens with one attached hydrogen (secondary N) is 1. The Morgan fingerprint density at radius 2 is 1.67 bits per heavy atom. The van der Waals surface area contributed by atoms with E-state index in [2.05, 4.69) is 61.9 Å². The maximum absolute atomic E-state index is 14.8. The Morgan fingerprint density at radius 1 is 0.963 bits per heavy atom. The number of hydrogen-bond donors (Lipinski definition) is 1. The van der Waals surface area contributed by atoms with Gasteiger partial charge in [0.05, 0.1) is 29.4 Å². The number of aromatic nitrogens is 2. The average molecular weight is 763 g/mol. The highest BCUT2D eigenvalue weighted by molar-refractivity contribution is 6.76. The number of fused-ring (bicyclic) bond motifs is 1. The Hall–Kier alpha value is -2.96. The zero-order valence-electron chi connectivity index (χ0n) is 33.9. The number of likely N-dealkylation sites (tertiary alicyclic amines) is 2. The van der Waals surface area contributed by atoms with E-state index >= 15 is 0 Å². The molecule has 298 valence electrons. The van der Waals surface area contributed by atoms with Crippen molar-refractivity contribution in [3.05, 3.63) is 24.4 Å². The summed E-state index contributed by atoms with van der Waals surface area (Å²) >= 11 is 0. The molecule has 0 unspecified atom stereocenters. The fourth-order valence-electron chi connectivity index (χ4n) is 9.50. The van der Waals surface area contributed by atoms with E-state index in [9.17, 15) is 14.4 Å². The van der Waals surface area contributed by atoms with Crippen LogP contribution in [0.3, 0.4) is 0 Å². The third kappa shape index (κ3) is 8.55. The molecule has 2 aliphatic carbocycles. The maximum atomic E-state index is 14.8. The topological polar surface area (TPSA) is 109 Å². The molecule has 0 radical (unpaired) electrons. The van der Waals surface area contributed by atoms with Crippen LogP contribution in [-0.4, -0.2) is 110 Å². The van der Waals surface area contributed by atoms with Crippen LogP contribution in [0.15, 0.2) is 24.4 Å². The van der Waals surface area contributed by atoms with Crippen LogP contribution in [-0.2, 0) is 30.6 Å². The number of anilines is 1. The highest BCUT2D eigenvalue weighted by Crippen LogP contribution is 2.55. The summed E-state index contributed by atoms with van der Waals surface area (Å²) in [5.74, 6) is 0.211. The first-order valence-corrected chi connectivity index (χ1v) is 24.7. The molecule has 0 bridgehead atoms. The van der Waals surface area contributed by atoms with Crippen molar-refractivity contribution in [3.63, 3.8) is 0 Å². The molecule has 3 amide bonds. The van der Waals surface area contributed by atoms with E-state index in [1.165, 1.54) is 19.3 Å². The molecule has 3 aliphatic heterocycles. The number of carbonyl (C=O) groups is 3. The second kappa shape index (κ2) is 15.9. The summed E-state index contributed by atoms with van der Waals surface area (Å²) in [5.41, 5.74) is 1.63. The molecule has 2 aromatic rings. The van der Waals surface area contributed by atoms with Crippen LogP contribution >= 0.6 is 0 Å². The number of benzene rings is 1. The van der Waals surface area contributed by atoms with E-state index < -0.39 is 31.6 Å². The quantitative estimate of drug-likeness (QED) is 0.182. The molecule has 1 aromatic carbocycles. The standard InChI is InChI=1S/C42H66N6O5Si/c1-30(53-25-31-14-9-7-10-15-31)36(40(51)45-18-11-8-12-19-45)44-38(49)34-24-46(26-42(34)27-47(28-42)39(50)33-22-41(33,2)3)35-17-13-16-32-23-43-48(37(32)35)29-52-20-21-54(4,5)6/h13,16-17,23,30-31,33-34,36H,7-12,14-15,18-22,24-29H2,1-6H3,(H,44,49)/t30-,33-,34+,36+/m1/s1. The van der Waals surface area contributed by atoms with Crippen molar-refractivity contribution in [1.82, 2.24) is 24.9 Å². The molecule has 1 spiro atoms. The molecule has 54 heavy (non-hydrogen) atoms. The van der Waals surface area contributed by atoms with Gasteiger partial charge in [-0.1, -0.05) is 64.9 Å². The second-order valence-corrected chi connectivity index (χ2v) is 25.0. The number of nitrogens with zero attached hydrogens (tertiary/aromatic N) is 5. The highest BCUT2D eigenvalue weighted by Gasteiger charge is 2.61. The van der Waals surface area contributed by atoms with Crippen molar-refractivity contribution in [3.8, 4) is 0 Å². The molecule has 1 aromatic heterocycles. The van der Waals surface area contributed by atoms with Gasteiger partial charge < -0.3 is 29.5 Å². The lowest BCUT2D eigenvalue weighted by Gasteiger charge is -2.51. The predicted octanol–water partition coefficient (Wildman–Crippen LogP) is 6.14. The van der Waals surface area contributed by atoms with Crippen molar-refractivity contribution in [2.75, 3.05) is 57.4 Å². The van der Waals surface area contributed by atoms with Crippen LogP contribution in [0.4, 0.5) is 5.69 Å². The van der Waals surface area contributed by atoms with Crippen LogP contribution in [0.1, 0.15) is 78.6 Å². The SMILES string of the molecule is C[C@@H](OCC1CCCCC1)[C@H](NC(=O)[C@@H]1CN(c2cccc3cnn(COCC[Si](C)(C)C)c23)CC12CN(C(=O)[C@H]1CC1(C)C)C2)C(=O)N1CCCCC1. The number of piperidine rings is 1. The van der Waals surface area contributed by atoms with Crippen molar-refractivity contribution >= 4 is 42.4 Å². The number of ether oxygens (including phenoxy) is 2. The zero-order valence-corrected chi connectivity index (χ0v) is 34.9. The van der Waals surface area contributed by atoms with E-state index in [0.717, 1.165) is 74.2 Å². The summed E-state index contributed by atoms with van der Waals surface area (Å²) in [4.78, 5) is 48.8. The second-order valence-electron chi connectivity index (χ2n) is 19.4. The predicted molar refractivity (Wildman–Crippen MR) is 215 cm³/mol. The van der Waals surface area contributed by atoms with E-state index in [0.29, 0.717) is 52.0 Å². The molecule has 4 atom stereocenters. The highest BCUT2D eigenvalue weighted by atomic mass is 28.3. The minimum atomic E-state index is -1.23. The lowest BCUT2D eigenvalue weighted by molar-refractivity contribution is -0.153. The third-order valence-electron chi connectivity index (χ3n) is 13.3. The fraction of sp³-hybridized carbons (Fsp3) is 0.762. The van der Waals surface area contributed by atoms with Gasteiger partial charge in [-0.2, -0.15) is 5.10 Å². The monoisotopic (exact) mass is 762 g/mol. The molecule has 2 saturated carbocycles. The van der Waals surface area contributed by atoms with Gasteiger partial charge in [-0.3, -0.25) is 14.4 Å². The summed E-state index contributed by atoms with van der Waals surface area (Å²) < 4.78 is 14.6. The molecule has 7 rings (SSSR count). The Bertz CT molecular complexity index is 1650. The molecule has 5 fully saturated rings. The van der Waals surface area contributed by atoms with E-state index in [-0.39, 0.29) is 29.1 Å². The van der Waals surface area contributed by atoms with Gasteiger partial charge in [0.2, 0.25) is 17.7 Å². The fourth-order valence-corrected chi connectivity index (χ4v) is 10.3. The number of para-hydroxylation sites is 1. The number of hydrogen-bond acceptors (Lipinski definition) is 7. The third-order valence-corrected chi connectivity index (χ3v) is 15.0. The van der Waals surface area contributed by atoms with Crippen LogP contribution in [0.5, 0.6) is 0 Å². The zero-order chi connectivity index (χ0) is 38.3. The summed E-state index contributed by atoms with van der Waals surface area (Å²) in [6.07, 6.45) is 11.5. The first-order valence-electron chi connectivity index (χ1n) is 21.0. The van der Waals surface area contributed by atoms with Gasteiger partial charge in [-0.05, 0) is 68.9 Å². The minimum Gasteiger partial charge on any atom is -0.376 e. The van der Waals surface area contributed by atoms with Gasteiger partial charge in [-0.25, -0.2) is 4.68 Å². The molecule has 12 heteroatoms. The lowest BCUT2D eigenvalue weighted by atomic mass is 9.70. The Labute approximate surface area is 323 Å². The van der Waals surface area contributed by atoms with Crippen LogP contribution in [0.25, 0.3) is 10.9 Å². The van der Waals surface area contributed by atoms with Gasteiger partial charge in [0, 0.05) is 77.3 Å². The molecule has 5 aliphatic rings. The minimum absolute atomic E-state index is 0.0349. The number of rotatable bonds is 14. The Morgan fingerprint density at radius 3 is 2.35 bits per heavy atom. The lowest BCUT2D eigenvalue weighted by Crippen LogP contribution is -2.65. The van der Waals surface area contributed by atoms with Gasteiger partial charge >= 0.3 is 0 Å². The van der Waals surface area contributed by atoms with Crippen molar-refractivity contribution in [2.24, 2.45) is 28.6 Å². The van der Waals surface area contributed by atoms with E-state index in [4.69, 9.17) is 14.6 Å². The molecule has 4 heterocycles. The molecular formula is C42H66N6O5Si. The molecule has 1 N–H and O–H groups in total. The normalized spacial score (nSPS) is 25.1. The van der Waals surface area contributed by atoms with Gasteiger partial charge in [0.1, 0.15) is 12.8 Å². The van der Waals surface area contributed by atoms with Gasteiger partial charge in [-0.15, -0.1) is 0 Å². The summed E-state index contributed by atoms with van der Waals surface area (Å²) in [6, 6.07) is 6.58. The van der Waals surface area contributed by atoms with Crippen LogP contribution in [0, 0.1) is 28.6 Å². The smallest absolute Gasteiger partial charge is 0.247 e. The van der Waals surface area contributed by atoms with Crippen molar-refractivity contribution in [1.29, 1.82) is 0 Å². The van der Waals surface area contributed by atoms with E-state index in [1.807, 2.05) is 27.6 Å². The molecule has 11 nitrogen and oxygen atoms in total. The van der Waals surface area contributed by atoms with Gasteiger partial charge in [0.15, 0.2) is 0 Å². The Balaban J connectivity index is 1.13. The summed E-state index contributed by atoms with van der Waals surface area (Å²) in [6.45, 7) is 18.7. The maximum Gasteiger partial charge on any atom is 0.247 e. The van der Waals surface area contributed by atoms with Crippen LogP contribution < -0.4 is 10.2 Å². The average Bonchev–Trinajstić information content (AvgIpc) is 3.42. The Kier molecular flexibility index (Phi) is 11.6. The van der Waals surface area contributed by atoms with E-state index in [1.54, 1.807) is 0 Å². The largest absolute Gasteiger partial charge is 0.376 e.